The van der Waals surface area contributed by atoms with E-state index in [0.29, 0.717) is 31.6 Å². The molecular formula is C21H22F3N5O4. The van der Waals surface area contributed by atoms with Crippen molar-refractivity contribution in [2.75, 3.05) is 6.54 Å². The number of carbonyl (C=O) groups excluding carboxylic acids is 2. The number of carbonyl (C=O) groups is 3. The van der Waals surface area contributed by atoms with Crippen LogP contribution in [0.15, 0.2) is 36.8 Å². The Bertz CT molecular complexity index is 1020. The zero-order valence-electron chi connectivity index (χ0n) is 17.7. The lowest BCUT2D eigenvalue weighted by atomic mass is 9.96. The number of fused-ring (bicyclic) bond motifs is 1. The summed E-state index contributed by atoms with van der Waals surface area (Å²) in [6, 6.07) is 5.93. The van der Waals surface area contributed by atoms with Crippen molar-refractivity contribution in [3.63, 3.8) is 0 Å². The molecule has 0 bridgehead atoms. The number of nitrogens with zero attached hydrogens (tertiary/aromatic N) is 5. The van der Waals surface area contributed by atoms with E-state index < -0.39 is 12.1 Å². The minimum absolute atomic E-state index is 0.0343. The molecule has 0 unspecified atom stereocenters. The Labute approximate surface area is 187 Å². The smallest absolute Gasteiger partial charge is 0.475 e. The van der Waals surface area contributed by atoms with E-state index >= 15 is 0 Å². The molecule has 4 rings (SSSR count). The molecule has 9 nitrogen and oxygen atoms in total. The molecule has 2 aromatic rings. The minimum Gasteiger partial charge on any atom is -0.475 e. The van der Waals surface area contributed by atoms with E-state index in [-0.39, 0.29) is 23.9 Å². The maximum absolute atomic E-state index is 12.8. The quantitative estimate of drug-likeness (QED) is 0.739. The summed E-state index contributed by atoms with van der Waals surface area (Å²) in [7, 11) is 0. The van der Waals surface area contributed by atoms with Crippen LogP contribution in [0.2, 0.25) is 0 Å². The lowest BCUT2D eigenvalue weighted by Crippen LogP contribution is -2.53. The van der Waals surface area contributed by atoms with Gasteiger partial charge in [-0.15, -0.1) is 0 Å². The number of carboxylic acid groups (broad SMARTS) is 1. The van der Waals surface area contributed by atoms with Crippen LogP contribution in [0.1, 0.15) is 41.1 Å². The summed E-state index contributed by atoms with van der Waals surface area (Å²) >= 11 is 0. The Morgan fingerprint density at radius 1 is 1.18 bits per heavy atom. The van der Waals surface area contributed by atoms with Crippen molar-refractivity contribution >= 4 is 17.8 Å². The average molecular weight is 465 g/mol. The highest BCUT2D eigenvalue weighted by Gasteiger charge is 2.45. The maximum atomic E-state index is 12.8. The van der Waals surface area contributed by atoms with Gasteiger partial charge in [-0.3, -0.25) is 19.6 Å². The highest BCUT2D eigenvalue weighted by atomic mass is 19.4. The number of aromatic nitrogens is 3. The highest BCUT2D eigenvalue weighted by Crippen LogP contribution is 2.33. The van der Waals surface area contributed by atoms with E-state index in [0.717, 1.165) is 17.8 Å². The largest absolute Gasteiger partial charge is 0.490 e. The fourth-order valence-electron chi connectivity index (χ4n) is 4.03. The summed E-state index contributed by atoms with van der Waals surface area (Å²) in [6.07, 6.45) is 1.44. The van der Waals surface area contributed by atoms with Crippen molar-refractivity contribution in [3.05, 3.63) is 53.9 Å². The van der Waals surface area contributed by atoms with Gasteiger partial charge in [0.05, 0.1) is 30.5 Å². The standard InChI is InChI=1S/C19H21N5O2.C2HF3O2/c1-13-3-2-4-14(22-13)12-24-17-7-10-23(16(17)5-6-18(24)25)19(26)15-11-20-8-9-21-15;3-2(4,5)1(6)7/h2-4,8-9,11,16-17H,5-7,10,12H2,1H3;(H,6,7)/t16-,17-;/m1./s1. The Kier molecular flexibility index (Phi) is 7.24. The van der Waals surface area contributed by atoms with Crippen molar-refractivity contribution in [2.24, 2.45) is 0 Å². The zero-order valence-corrected chi connectivity index (χ0v) is 17.7. The number of hydrogen-bond donors (Lipinski definition) is 1. The van der Waals surface area contributed by atoms with Crippen LogP contribution in [0.3, 0.4) is 0 Å². The maximum Gasteiger partial charge on any atom is 0.490 e. The third-order valence-electron chi connectivity index (χ3n) is 5.45. The number of pyridine rings is 1. The van der Waals surface area contributed by atoms with Gasteiger partial charge in [0.15, 0.2) is 0 Å². The first-order valence-electron chi connectivity index (χ1n) is 10.2. The number of halogens is 3. The van der Waals surface area contributed by atoms with Gasteiger partial charge in [-0.2, -0.15) is 13.2 Å². The molecule has 0 saturated carbocycles. The van der Waals surface area contributed by atoms with Crippen LogP contribution in [0.5, 0.6) is 0 Å². The van der Waals surface area contributed by atoms with Gasteiger partial charge in [-0.05, 0) is 31.9 Å². The second-order valence-corrected chi connectivity index (χ2v) is 7.65. The van der Waals surface area contributed by atoms with E-state index in [1.54, 1.807) is 6.20 Å². The molecule has 2 aliphatic rings. The minimum atomic E-state index is -5.08. The number of piperidine rings is 1. The number of rotatable bonds is 3. The molecule has 2 fully saturated rings. The molecule has 2 aliphatic heterocycles. The molecule has 2 amide bonds. The van der Waals surface area contributed by atoms with Crippen LogP contribution >= 0.6 is 0 Å². The fraction of sp³-hybridized carbons (Fsp3) is 0.429. The predicted molar refractivity (Wildman–Crippen MR) is 108 cm³/mol. The Morgan fingerprint density at radius 3 is 2.52 bits per heavy atom. The van der Waals surface area contributed by atoms with Gasteiger partial charge in [-0.25, -0.2) is 9.78 Å². The van der Waals surface area contributed by atoms with Crippen molar-refractivity contribution in [3.8, 4) is 0 Å². The number of carboxylic acids is 1. The van der Waals surface area contributed by atoms with Gasteiger partial charge in [0.1, 0.15) is 5.69 Å². The van der Waals surface area contributed by atoms with Crippen LogP contribution in [-0.2, 0) is 16.1 Å². The Hall–Kier alpha value is -3.57. The molecule has 1 N–H and O–H groups in total. The first-order chi connectivity index (χ1) is 15.6. The van der Waals surface area contributed by atoms with Crippen molar-refractivity contribution < 1.29 is 32.7 Å². The number of aryl methyl sites for hydroxylation is 1. The molecule has 2 aromatic heterocycles. The molecule has 2 atom stereocenters. The SMILES string of the molecule is Cc1cccc(CN2C(=O)CC[C@@H]3[C@H]2CCN3C(=O)c2cnccn2)n1.O=C(O)C(F)(F)F. The topological polar surface area (TPSA) is 117 Å². The summed E-state index contributed by atoms with van der Waals surface area (Å²) < 4.78 is 31.7. The van der Waals surface area contributed by atoms with Crippen LogP contribution < -0.4 is 0 Å². The van der Waals surface area contributed by atoms with Crippen LogP contribution in [0.25, 0.3) is 0 Å². The number of aliphatic carboxylic acids is 1. The van der Waals surface area contributed by atoms with Gasteiger partial charge in [-0.1, -0.05) is 6.07 Å². The summed E-state index contributed by atoms with van der Waals surface area (Å²) in [5.41, 5.74) is 2.18. The van der Waals surface area contributed by atoms with E-state index in [1.807, 2.05) is 34.9 Å². The Balaban J connectivity index is 0.000000383. The molecule has 33 heavy (non-hydrogen) atoms. The van der Waals surface area contributed by atoms with Crippen molar-refractivity contribution in [2.45, 2.75) is 51.0 Å². The summed E-state index contributed by atoms with van der Waals surface area (Å²) in [4.78, 5) is 50.6. The molecule has 4 heterocycles. The summed E-state index contributed by atoms with van der Waals surface area (Å²) in [6.45, 7) is 3.08. The molecule has 2 saturated heterocycles. The molecule has 0 aliphatic carbocycles. The summed E-state index contributed by atoms with van der Waals surface area (Å²) in [5, 5.41) is 7.12. The number of likely N-dealkylation sites (tertiary alicyclic amines) is 2. The number of alkyl halides is 3. The number of hydrogen-bond acceptors (Lipinski definition) is 6. The van der Waals surface area contributed by atoms with Crippen molar-refractivity contribution in [1.82, 2.24) is 24.8 Å². The van der Waals surface area contributed by atoms with Gasteiger partial charge in [0.2, 0.25) is 5.91 Å². The third kappa shape index (κ3) is 5.82. The first-order valence-corrected chi connectivity index (χ1v) is 10.2. The van der Waals surface area contributed by atoms with Gasteiger partial charge < -0.3 is 14.9 Å². The molecule has 0 aromatic carbocycles. The second-order valence-electron chi connectivity index (χ2n) is 7.65. The lowest BCUT2D eigenvalue weighted by molar-refractivity contribution is -0.192. The zero-order chi connectivity index (χ0) is 24.2. The van der Waals surface area contributed by atoms with Crippen molar-refractivity contribution in [1.29, 1.82) is 0 Å². The molecule has 176 valence electrons. The molecule has 0 spiro atoms. The lowest BCUT2D eigenvalue weighted by Gasteiger charge is -2.39. The van der Waals surface area contributed by atoms with E-state index in [4.69, 9.17) is 9.90 Å². The van der Waals surface area contributed by atoms with Crippen LogP contribution in [0.4, 0.5) is 13.2 Å². The molecule has 0 radical (unpaired) electrons. The van der Waals surface area contributed by atoms with Gasteiger partial charge in [0, 0.05) is 31.1 Å². The van der Waals surface area contributed by atoms with Gasteiger partial charge in [0.25, 0.3) is 5.91 Å². The highest BCUT2D eigenvalue weighted by molar-refractivity contribution is 5.92. The Morgan fingerprint density at radius 2 is 1.91 bits per heavy atom. The average Bonchev–Trinajstić information content (AvgIpc) is 3.20. The normalized spacial score (nSPS) is 20.1. The molecule has 12 heteroatoms. The first kappa shape index (κ1) is 24.1. The van der Waals surface area contributed by atoms with E-state index in [1.165, 1.54) is 12.4 Å². The van der Waals surface area contributed by atoms with E-state index in [2.05, 4.69) is 15.0 Å². The monoisotopic (exact) mass is 465 g/mol. The fourth-order valence-corrected chi connectivity index (χ4v) is 4.03. The van der Waals surface area contributed by atoms with Crippen LogP contribution in [0, 0.1) is 6.92 Å². The summed E-state index contributed by atoms with van der Waals surface area (Å²) in [5.74, 6) is -2.72. The second kappa shape index (κ2) is 9.92. The van der Waals surface area contributed by atoms with Gasteiger partial charge >= 0.3 is 12.1 Å². The third-order valence-corrected chi connectivity index (χ3v) is 5.45. The molecular weight excluding hydrogens is 443 g/mol. The van der Waals surface area contributed by atoms with Crippen LogP contribution in [-0.4, -0.2) is 72.4 Å². The van der Waals surface area contributed by atoms with E-state index in [9.17, 15) is 22.8 Å². The number of amides is 2. The predicted octanol–water partition coefficient (Wildman–Crippen LogP) is 2.22.